The molecule has 0 amide bonds. The SMILES string of the molecule is CC(C)(O)C=Cc1ccc2nc(-c3ccco3)nc(Nc3ccccc3)c2c1. The summed E-state index contributed by atoms with van der Waals surface area (Å²) in [6.45, 7) is 3.48. The number of nitrogens with one attached hydrogen (secondary N) is 1. The lowest BCUT2D eigenvalue weighted by Crippen LogP contribution is -2.13. The summed E-state index contributed by atoms with van der Waals surface area (Å²) >= 11 is 0. The standard InChI is InChI=1S/C23H21N3O2/c1-23(2,27)13-12-16-10-11-19-18(15-16)21(24-17-7-4-3-5-8-17)26-22(25-19)20-9-6-14-28-20/h3-15,27H,1-2H3,(H,24,25,26). The normalized spacial score (nSPS) is 12.0. The minimum absolute atomic E-state index is 0.524. The fourth-order valence-corrected chi connectivity index (χ4v) is 2.82. The van der Waals surface area contributed by atoms with Crippen molar-refractivity contribution < 1.29 is 9.52 Å². The summed E-state index contributed by atoms with van der Waals surface area (Å²) in [5.74, 6) is 1.83. The molecule has 5 heteroatoms. The Morgan fingerprint density at radius 2 is 1.82 bits per heavy atom. The number of hydrogen-bond donors (Lipinski definition) is 2. The monoisotopic (exact) mass is 371 g/mol. The summed E-state index contributed by atoms with van der Waals surface area (Å²) in [5.41, 5.74) is 1.82. The first-order valence-electron chi connectivity index (χ1n) is 9.07. The molecular weight excluding hydrogens is 350 g/mol. The maximum absolute atomic E-state index is 9.95. The van der Waals surface area contributed by atoms with Gasteiger partial charge >= 0.3 is 0 Å². The number of hydrogen-bond acceptors (Lipinski definition) is 5. The lowest BCUT2D eigenvalue weighted by atomic mass is 10.1. The van der Waals surface area contributed by atoms with Gasteiger partial charge < -0.3 is 14.8 Å². The Morgan fingerprint density at radius 1 is 1.00 bits per heavy atom. The van der Waals surface area contributed by atoms with E-state index in [9.17, 15) is 5.11 Å². The number of anilines is 2. The summed E-state index contributed by atoms with van der Waals surface area (Å²) in [4.78, 5) is 9.35. The number of rotatable bonds is 5. The highest BCUT2D eigenvalue weighted by Crippen LogP contribution is 2.29. The van der Waals surface area contributed by atoms with Gasteiger partial charge in [-0.2, -0.15) is 0 Å². The molecule has 28 heavy (non-hydrogen) atoms. The van der Waals surface area contributed by atoms with E-state index in [4.69, 9.17) is 9.40 Å². The van der Waals surface area contributed by atoms with Crippen LogP contribution < -0.4 is 5.32 Å². The van der Waals surface area contributed by atoms with Crippen molar-refractivity contribution in [3.63, 3.8) is 0 Å². The van der Waals surface area contributed by atoms with Crippen LogP contribution in [0.25, 0.3) is 28.6 Å². The maximum Gasteiger partial charge on any atom is 0.198 e. The lowest BCUT2D eigenvalue weighted by molar-refractivity contribution is 0.134. The Kier molecular flexibility index (Phi) is 4.67. The first-order valence-corrected chi connectivity index (χ1v) is 9.07. The molecule has 0 bridgehead atoms. The number of para-hydroxylation sites is 1. The molecule has 0 aliphatic rings. The van der Waals surface area contributed by atoms with Gasteiger partial charge in [0.15, 0.2) is 11.6 Å². The fraction of sp³-hybridized carbons (Fsp3) is 0.130. The van der Waals surface area contributed by atoms with Crippen molar-refractivity contribution in [2.24, 2.45) is 0 Å². The van der Waals surface area contributed by atoms with Crippen LogP contribution >= 0.6 is 0 Å². The van der Waals surface area contributed by atoms with Gasteiger partial charge in [-0.25, -0.2) is 9.97 Å². The Morgan fingerprint density at radius 3 is 2.54 bits per heavy atom. The van der Waals surface area contributed by atoms with Gasteiger partial charge in [0.25, 0.3) is 0 Å². The quantitative estimate of drug-likeness (QED) is 0.490. The third kappa shape index (κ3) is 4.10. The van der Waals surface area contributed by atoms with Crippen molar-refractivity contribution in [1.82, 2.24) is 9.97 Å². The van der Waals surface area contributed by atoms with Crippen LogP contribution in [-0.4, -0.2) is 20.7 Å². The average Bonchev–Trinajstić information content (AvgIpc) is 3.21. The van der Waals surface area contributed by atoms with E-state index in [2.05, 4.69) is 10.3 Å². The van der Waals surface area contributed by atoms with Crippen molar-refractivity contribution in [3.8, 4) is 11.6 Å². The molecule has 0 radical (unpaired) electrons. The second-order valence-electron chi connectivity index (χ2n) is 7.13. The van der Waals surface area contributed by atoms with Crippen molar-refractivity contribution in [2.75, 3.05) is 5.32 Å². The first-order chi connectivity index (χ1) is 13.5. The molecule has 0 saturated heterocycles. The van der Waals surface area contributed by atoms with E-state index in [1.807, 2.05) is 66.7 Å². The molecule has 0 unspecified atom stereocenters. The van der Waals surface area contributed by atoms with Crippen LogP contribution in [0.2, 0.25) is 0 Å². The largest absolute Gasteiger partial charge is 0.461 e. The summed E-state index contributed by atoms with van der Waals surface area (Å²) in [6, 6.07) is 19.5. The molecule has 0 fully saturated rings. The van der Waals surface area contributed by atoms with Crippen LogP contribution in [0.1, 0.15) is 19.4 Å². The smallest absolute Gasteiger partial charge is 0.198 e. The predicted molar refractivity (Wildman–Crippen MR) is 112 cm³/mol. The zero-order chi connectivity index (χ0) is 19.6. The molecule has 140 valence electrons. The molecule has 0 aliphatic heterocycles. The van der Waals surface area contributed by atoms with Crippen LogP contribution in [0.3, 0.4) is 0 Å². The third-order valence-corrected chi connectivity index (χ3v) is 4.18. The molecule has 4 aromatic rings. The zero-order valence-electron chi connectivity index (χ0n) is 15.8. The van der Waals surface area contributed by atoms with E-state index < -0.39 is 5.60 Å². The van der Waals surface area contributed by atoms with Crippen molar-refractivity contribution in [1.29, 1.82) is 0 Å². The summed E-state index contributed by atoms with van der Waals surface area (Å²) < 4.78 is 5.48. The number of furan rings is 1. The van der Waals surface area contributed by atoms with Gasteiger partial charge in [0.05, 0.1) is 17.4 Å². The Hall–Kier alpha value is -3.44. The summed E-state index contributed by atoms with van der Waals surface area (Å²) in [7, 11) is 0. The Balaban J connectivity index is 1.84. The topological polar surface area (TPSA) is 71.2 Å². The van der Waals surface area contributed by atoms with Gasteiger partial charge in [0.1, 0.15) is 5.82 Å². The molecule has 2 heterocycles. The van der Waals surface area contributed by atoms with Gasteiger partial charge in [0, 0.05) is 11.1 Å². The molecule has 5 nitrogen and oxygen atoms in total. The van der Waals surface area contributed by atoms with E-state index in [0.29, 0.717) is 17.4 Å². The fourth-order valence-electron chi connectivity index (χ4n) is 2.82. The number of aromatic nitrogens is 2. The molecule has 2 N–H and O–H groups in total. The van der Waals surface area contributed by atoms with Crippen molar-refractivity contribution in [3.05, 3.63) is 78.6 Å². The van der Waals surface area contributed by atoms with E-state index >= 15 is 0 Å². The molecule has 0 aliphatic carbocycles. The highest BCUT2D eigenvalue weighted by Gasteiger charge is 2.12. The van der Waals surface area contributed by atoms with Crippen LogP contribution in [0.5, 0.6) is 0 Å². The Bertz CT molecular complexity index is 1110. The van der Waals surface area contributed by atoms with Crippen molar-refractivity contribution in [2.45, 2.75) is 19.4 Å². The Labute approximate surface area is 163 Å². The number of benzene rings is 2. The van der Waals surface area contributed by atoms with E-state index in [1.54, 1.807) is 26.2 Å². The van der Waals surface area contributed by atoms with Crippen LogP contribution in [0, 0.1) is 0 Å². The van der Waals surface area contributed by atoms with Gasteiger partial charge in [-0.1, -0.05) is 36.4 Å². The van der Waals surface area contributed by atoms with Crippen LogP contribution in [0.4, 0.5) is 11.5 Å². The van der Waals surface area contributed by atoms with Gasteiger partial charge in [-0.15, -0.1) is 0 Å². The van der Waals surface area contributed by atoms with E-state index in [0.717, 1.165) is 22.2 Å². The van der Waals surface area contributed by atoms with Gasteiger partial charge in [-0.05, 0) is 55.8 Å². The third-order valence-electron chi connectivity index (χ3n) is 4.18. The summed E-state index contributed by atoms with van der Waals surface area (Å²) in [5, 5.41) is 14.2. The molecule has 0 saturated carbocycles. The van der Waals surface area contributed by atoms with E-state index in [1.165, 1.54) is 0 Å². The van der Waals surface area contributed by atoms with E-state index in [-0.39, 0.29) is 0 Å². The lowest BCUT2D eigenvalue weighted by Gasteiger charge is -2.12. The molecule has 4 rings (SSSR count). The summed E-state index contributed by atoms with van der Waals surface area (Å²) in [6.07, 6.45) is 5.26. The highest BCUT2D eigenvalue weighted by atomic mass is 16.3. The molecular formula is C23H21N3O2. The molecule has 0 atom stereocenters. The van der Waals surface area contributed by atoms with Gasteiger partial charge in [-0.3, -0.25) is 0 Å². The average molecular weight is 371 g/mol. The highest BCUT2D eigenvalue weighted by molar-refractivity contribution is 5.93. The number of aliphatic hydroxyl groups is 1. The number of nitrogens with zero attached hydrogens (tertiary/aromatic N) is 2. The second-order valence-corrected chi connectivity index (χ2v) is 7.13. The van der Waals surface area contributed by atoms with Crippen LogP contribution in [-0.2, 0) is 0 Å². The second kappa shape index (κ2) is 7.29. The maximum atomic E-state index is 9.95. The molecule has 2 aromatic carbocycles. The minimum Gasteiger partial charge on any atom is -0.461 e. The molecule has 2 aromatic heterocycles. The zero-order valence-corrected chi connectivity index (χ0v) is 15.8. The predicted octanol–water partition coefficient (Wildman–Crippen LogP) is 5.42. The van der Waals surface area contributed by atoms with Crippen LogP contribution in [0.15, 0.2) is 77.4 Å². The van der Waals surface area contributed by atoms with Gasteiger partial charge in [0.2, 0.25) is 0 Å². The number of fused-ring (bicyclic) bond motifs is 1. The van der Waals surface area contributed by atoms with Crippen molar-refractivity contribution >= 4 is 28.5 Å². The first kappa shape index (κ1) is 17.9. The minimum atomic E-state index is -0.875. The molecule has 0 spiro atoms.